The zero-order chi connectivity index (χ0) is 11.6. The fraction of sp³-hybridized carbons (Fsp3) is 0.625. The summed E-state index contributed by atoms with van der Waals surface area (Å²) in [6.07, 6.45) is 5.65. The molecule has 1 aliphatic rings. The van der Waals surface area contributed by atoms with Crippen LogP contribution in [0.1, 0.15) is 52.0 Å². The van der Waals surface area contributed by atoms with Crippen LogP contribution in [0.4, 0.5) is 0 Å². The molecule has 0 aromatic heterocycles. The van der Waals surface area contributed by atoms with Crippen LogP contribution in [0.15, 0.2) is 30.3 Å². The van der Waals surface area contributed by atoms with Gasteiger partial charge in [0, 0.05) is 0 Å². The quantitative estimate of drug-likeness (QED) is 0.666. The van der Waals surface area contributed by atoms with E-state index in [2.05, 4.69) is 51.1 Å². The molecule has 0 heterocycles. The van der Waals surface area contributed by atoms with Gasteiger partial charge in [0.05, 0.1) is 0 Å². The highest BCUT2D eigenvalue weighted by Crippen LogP contribution is 2.41. The lowest BCUT2D eigenvalue weighted by atomic mass is 9.66. The summed E-state index contributed by atoms with van der Waals surface area (Å²) in [5.41, 5.74) is 1.86. The molecular formula is C16H24. The van der Waals surface area contributed by atoms with Crippen LogP contribution in [0.2, 0.25) is 0 Å². The molecule has 2 rings (SSSR count). The Kier molecular flexibility index (Phi) is 3.37. The summed E-state index contributed by atoms with van der Waals surface area (Å²) in [5.74, 6) is 1.81. The maximum absolute atomic E-state index is 2.42. The van der Waals surface area contributed by atoms with Crippen LogP contribution in [0.3, 0.4) is 0 Å². The van der Waals surface area contributed by atoms with Crippen molar-refractivity contribution in [2.24, 2.45) is 11.8 Å². The fourth-order valence-electron chi connectivity index (χ4n) is 3.09. The molecule has 16 heavy (non-hydrogen) atoms. The van der Waals surface area contributed by atoms with Gasteiger partial charge in [0.2, 0.25) is 0 Å². The highest BCUT2D eigenvalue weighted by Gasteiger charge is 2.33. The average Bonchev–Trinajstić information content (AvgIpc) is 2.31. The first kappa shape index (κ1) is 11.7. The smallest absolute Gasteiger partial charge is 0.00753 e. The third-order valence-electron chi connectivity index (χ3n) is 4.55. The van der Waals surface area contributed by atoms with Crippen LogP contribution < -0.4 is 0 Å². The lowest BCUT2D eigenvalue weighted by Crippen LogP contribution is -2.31. The maximum atomic E-state index is 2.42. The van der Waals surface area contributed by atoms with Crippen LogP contribution in [-0.2, 0) is 5.41 Å². The minimum absolute atomic E-state index is 0.349. The zero-order valence-electron chi connectivity index (χ0n) is 10.9. The van der Waals surface area contributed by atoms with Gasteiger partial charge in [-0.05, 0) is 35.7 Å². The second-order valence-corrected chi connectivity index (χ2v) is 6.04. The summed E-state index contributed by atoms with van der Waals surface area (Å²) in [7, 11) is 0. The Hall–Kier alpha value is -0.780. The molecule has 0 bridgehead atoms. The highest BCUT2D eigenvalue weighted by atomic mass is 14.4. The van der Waals surface area contributed by atoms with Crippen molar-refractivity contribution in [2.45, 2.75) is 51.9 Å². The van der Waals surface area contributed by atoms with Gasteiger partial charge in [-0.2, -0.15) is 0 Å². The van der Waals surface area contributed by atoms with E-state index in [0.29, 0.717) is 5.41 Å². The van der Waals surface area contributed by atoms with Gasteiger partial charge in [-0.15, -0.1) is 0 Å². The molecule has 1 aliphatic carbocycles. The van der Waals surface area contributed by atoms with E-state index in [4.69, 9.17) is 0 Å². The molecule has 0 spiro atoms. The number of hydrogen-bond acceptors (Lipinski definition) is 0. The Morgan fingerprint density at radius 1 is 0.938 bits per heavy atom. The van der Waals surface area contributed by atoms with E-state index in [1.807, 2.05) is 0 Å². The largest absolute Gasteiger partial charge is 0.0625 e. The van der Waals surface area contributed by atoms with E-state index in [0.717, 1.165) is 11.8 Å². The van der Waals surface area contributed by atoms with E-state index < -0.39 is 0 Å². The lowest BCUT2D eigenvalue weighted by molar-refractivity contribution is 0.202. The van der Waals surface area contributed by atoms with Gasteiger partial charge in [-0.3, -0.25) is 0 Å². The van der Waals surface area contributed by atoms with Crippen molar-refractivity contribution in [1.29, 1.82) is 0 Å². The van der Waals surface area contributed by atoms with Gasteiger partial charge < -0.3 is 0 Å². The minimum Gasteiger partial charge on any atom is -0.0625 e. The molecule has 0 aliphatic heterocycles. The molecule has 1 fully saturated rings. The Bertz CT molecular complexity index is 315. The summed E-state index contributed by atoms with van der Waals surface area (Å²) >= 11 is 0. The van der Waals surface area contributed by atoms with Crippen LogP contribution >= 0.6 is 0 Å². The molecule has 1 aromatic carbocycles. The number of hydrogen-bond donors (Lipinski definition) is 0. The molecule has 1 aromatic rings. The molecule has 0 heteroatoms. The standard InChI is InChI=1S/C16H24/c1-13-9-11-15(12-10-13)16(2,3)14-7-5-4-6-8-14/h4-8,13,15H,9-12H2,1-3H3. The predicted molar refractivity (Wildman–Crippen MR) is 70.6 cm³/mol. The van der Waals surface area contributed by atoms with Gasteiger partial charge in [-0.25, -0.2) is 0 Å². The SMILES string of the molecule is CC1CCC(C(C)(C)c2ccccc2)CC1. The molecular weight excluding hydrogens is 192 g/mol. The van der Waals surface area contributed by atoms with Crippen LogP contribution in [0.5, 0.6) is 0 Å². The third-order valence-corrected chi connectivity index (χ3v) is 4.55. The van der Waals surface area contributed by atoms with E-state index in [9.17, 15) is 0 Å². The molecule has 0 radical (unpaired) electrons. The molecule has 0 atom stereocenters. The number of rotatable bonds is 2. The average molecular weight is 216 g/mol. The summed E-state index contributed by atoms with van der Waals surface area (Å²) in [6, 6.07) is 11.0. The van der Waals surface area contributed by atoms with Gasteiger partial charge in [0.1, 0.15) is 0 Å². The van der Waals surface area contributed by atoms with Crippen LogP contribution in [-0.4, -0.2) is 0 Å². The van der Waals surface area contributed by atoms with Crippen LogP contribution in [0.25, 0.3) is 0 Å². The molecule has 0 amide bonds. The lowest BCUT2D eigenvalue weighted by Gasteiger charge is -2.39. The first-order valence-electron chi connectivity index (χ1n) is 6.66. The minimum atomic E-state index is 0.349. The van der Waals surface area contributed by atoms with Gasteiger partial charge in [0.25, 0.3) is 0 Å². The Morgan fingerprint density at radius 2 is 1.50 bits per heavy atom. The molecule has 1 saturated carbocycles. The fourth-order valence-corrected chi connectivity index (χ4v) is 3.09. The summed E-state index contributed by atoms with van der Waals surface area (Å²) < 4.78 is 0. The number of benzene rings is 1. The summed E-state index contributed by atoms with van der Waals surface area (Å²) in [6.45, 7) is 7.23. The highest BCUT2D eigenvalue weighted by molar-refractivity contribution is 5.24. The summed E-state index contributed by atoms with van der Waals surface area (Å²) in [4.78, 5) is 0. The van der Waals surface area contributed by atoms with E-state index in [1.54, 1.807) is 0 Å². The summed E-state index contributed by atoms with van der Waals surface area (Å²) in [5, 5.41) is 0. The molecule has 88 valence electrons. The molecule has 0 N–H and O–H groups in total. The molecule has 0 unspecified atom stereocenters. The second-order valence-electron chi connectivity index (χ2n) is 6.04. The topological polar surface area (TPSA) is 0 Å². The Labute approximate surface area is 100 Å². The van der Waals surface area contributed by atoms with E-state index in [-0.39, 0.29) is 0 Å². The van der Waals surface area contributed by atoms with Crippen molar-refractivity contribution < 1.29 is 0 Å². The normalized spacial score (nSPS) is 26.7. The van der Waals surface area contributed by atoms with Crippen molar-refractivity contribution in [3.8, 4) is 0 Å². The first-order chi connectivity index (χ1) is 7.60. The first-order valence-corrected chi connectivity index (χ1v) is 6.66. The monoisotopic (exact) mass is 216 g/mol. The van der Waals surface area contributed by atoms with Gasteiger partial charge >= 0.3 is 0 Å². The van der Waals surface area contributed by atoms with Crippen molar-refractivity contribution in [3.05, 3.63) is 35.9 Å². The molecule has 0 saturated heterocycles. The third kappa shape index (κ3) is 2.31. The molecule has 0 nitrogen and oxygen atoms in total. The van der Waals surface area contributed by atoms with Crippen LogP contribution in [0, 0.1) is 11.8 Å². The van der Waals surface area contributed by atoms with Crippen molar-refractivity contribution in [2.75, 3.05) is 0 Å². The predicted octanol–water partition coefficient (Wildman–Crippen LogP) is 4.79. The maximum Gasteiger partial charge on any atom is -0.00753 e. The van der Waals surface area contributed by atoms with E-state index in [1.165, 1.54) is 31.2 Å². The van der Waals surface area contributed by atoms with Gasteiger partial charge in [-0.1, -0.05) is 63.9 Å². The Balaban J connectivity index is 2.13. The Morgan fingerprint density at radius 3 is 2.06 bits per heavy atom. The zero-order valence-corrected chi connectivity index (χ0v) is 10.9. The van der Waals surface area contributed by atoms with Crippen molar-refractivity contribution in [3.63, 3.8) is 0 Å². The van der Waals surface area contributed by atoms with E-state index >= 15 is 0 Å². The van der Waals surface area contributed by atoms with Crippen molar-refractivity contribution in [1.82, 2.24) is 0 Å². The van der Waals surface area contributed by atoms with Gasteiger partial charge in [0.15, 0.2) is 0 Å². The second kappa shape index (κ2) is 4.61. The van der Waals surface area contributed by atoms with Crippen molar-refractivity contribution >= 4 is 0 Å².